The van der Waals surface area contributed by atoms with Gasteiger partial charge in [-0.1, -0.05) is 11.6 Å². The molecule has 1 atom stereocenters. The van der Waals surface area contributed by atoms with Crippen LogP contribution in [0.15, 0.2) is 12.1 Å². The molecule has 0 spiro atoms. The molecule has 2 aliphatic rings. The van der Waals surface area contributed by atoms with Crippen molar-refractivity contribution < 1.29 is 14.6 Å². The van der Waals surface area contributed by atoms with E-state index in [0.717, 1.165) is 18.4 Å². The van der Waals surface area contributed by atoms with Gasteiger partial charge >= 0.3 is 0 Å². The molecule has 0 saturated heterocycles. The highest BCUT2D eigenvalue weighted by Gasteiger charge is 2.23. The molecule has 0 bridgehead atoms. The lowest BCUT2D eigenvalue weighted by Crippen LogP contribution is -2.15. The summed E-state index contributed by atoms with van der Waals surface area (Å²) in [6.45, 7) is 0.540. The maximum Gasteiger partial charge on any atom is 0.142 e. The van der Waals surface area contributed by atoms with Crippen molar-refractivity contribution in [1.82, 2.24) is 0 Å². The van der Waals surface area contributed by atoms with Crippen LogP contribution in [-0.2, 0) is 0 Å². The number of fused-ring (bicyclic) bond motifs is 1. The van der Waals surface area contributed by atoms with Crippen LogP contribution in [0.3, 0.4) is 0 Å². The van der Waals surface area contributed by atoms with E-state index in [1.807, 2.05) is 6.07 Å². The molecule has 1 saturated carbocycles. The summed E-state index contributed by atoms with van der Waals surface area (Å²) < 4.78 is 11.5. The molecule has 3 nitrogen and oxygen atoms in total. The Kier molecular flexibility index (Phi) is 3.35. The second-order valence-electron chi connectivity index (χ2n) is 5.00. The highest BCUT2D eigenvalue weighted by Crippen LogP contribution is 2.40. The normalized spacial score (nSPS) is 23.6. The zero-order valence-corrected chi connectivity index (χ0v) is 10.9. The van der Waals surface area contributed by atoms with E-state index < -0.39 is 6.10 Å². The van der Waals surface area contributed by atoms with E-state index in [0.29, 0.717) is 29.5 Å². The number of ether oxygens (including phenoxy) is 2. The van der Waals surface area contributed by atoms with Crippen molar-refractivity contribution >= 4 is 11.6 Å². The van der Waals surface area contributed by atoms with Crippen LogP contribution in [0.5, 0.6) is 11.5 Å². The fourth-order valence-corrected chi connectivity index (χ4v) is 2.86. The fraction of sp³-hybridized carbons (Fsp3) is 0.571. The lowest BCUT2D eigenvalue weighted by molar-refractivity contribution is 0.114. The minimum Gasteiger partial charge on any atom is -0.493 e. The summed E-state index contributed by atoms with van der Waals surface area (Å²) in [5, 5.41) is 10.4. The standard InChI is InChI=1S/C14H17ClO3/c15-11-7-10-12(16)5-6-17-13(10)8-14(11)18-9-3-1-2-4-9/h7-9,12,16H,1-6H2. The Balaban J connectivity index is 1.86. The molecule has 0 radical (unpaired) electrons. The Morgan fingerprint density at radius 3 is 2.78 bits per heavy atom. The first-order chi connectivity index (χ1) is 8.74. The molecule has 0 aromatic heterocycles. The summed E-state index contributed by atoms with van der Waals surface area (Å²) in [6.07, 6.45) is 5.05. The summed E-state index contributed by atoms with van der Waals surface area (Å²) in [4.78, 5) is 0. The van der Waals surface area contributed by atoms with Gasteiger partial charge in [-0.05, 0) is 31.7 Å². The third kappa shape index (κ3) is 2.29. The summed E-state index contributed by atoms with van der Waals surface area (Å²) >= 11 is 6.21. The molecule has 18 heavy (non-hydrogen) atoms. The average Bonchev–Trinajstić information content (AvgIpc) is 2.84. The first-order valence-corrected chi connectivity index (χ1v) is 6.93. The first-order valence-electron chi connectivity index (χ1n) is 6.55. The van der Waals surface area contributed by atoms with Crippen molar-refractivity contribution in [3.63, 3.8) is 0 Å². The highest BCUT2D eigenvalue weighted by atomic mass is 35.5. The molecule has 4 heteroatoms. The molecule has 0 amide bonds. The van der Waals surface area contributed by atoms with Crippen LogP contribution in [0, 0.1) is 0 Å². The van der Waals surface area contributed by atoms with Gasteiger partial charge in [-0.25, -0.2) is 0 Å². The molecular weight excluding hydrogens is 252 g/mol. The lowest BCUT2D eigenvalue weighted by Gasteiger charge is -2.24. The molecule has 3 rings (SSSR count). The molecule has 98 valence electrons. The minimum atomic E-state index is -0.480. The number of benzene rings is 1. The number of rotatable bonds is 2. The third-order valence-corrected chi connectivity index (χ3v) is 3.96. The van der Waals surface area contributed by atoms with Gasteiger partial charge in [0.05, 0.1) is 23.8 Å². The van der Waals surface area contributed by atoms with E-state index in [1.165, 1.54) is 12.8 Å². The number of aliphatic hydroxyl groups is 1. The zero-order valence-electron chi connectivity index (χ0n) is 10.2. The first kappa shape index (κ1) is 12.1. The quantitative estimate of drug-likeness (QED) is 0.893. The largest absolute Gasteiger partial charge is 0.493 e. The van der Waals surface area contributed by atoms with Crippen LogP contribution in [0.1, 0.15) is 43.8 Å². The van der Waals surface area contributed by atoms with Gasteiger partial charge in [0.15, 0.2) is 0 Å². The topological polar surface area (TPSA) is 38.7 Å². The van der Waals surface area contributed by atoms with Crippen LogP contribution < -0.4 is 9.47 Å². The summed E-state index contributed by atoms with van der Waals surface area (Å²) in [5.74, 6) is 1.38. The van der Waals surface area contributed by atoms with Crippen molar-refractivity contribution in [2.75, 3.05) is 6.61 Å². The Morgan fingerprint density at radius 2 is 2.00 bits per heavy atom. The summed E-state index contributed by atoms with van der Waals surface area (Å²) in [6, 6.07) is 3.59. The van der Waals surface area contributed by atoms with Crippen LogP contribution >= 0.6 is 11.6 Å². The molecule has 1 fully saturated rings. The van der Waals surface area contributed by atoms with Crippen LogP contribution in [0.25, 0.3) is 0 Å². The lowest BCUT2D eigenvalue weighted by atomic mass is 10.0. The maximum absolute atomic E-state index is 9.88. The summed E-state index contributed by atoms with van der Waals surface area (Å²) in [7, 11) is 0. The van der Waals surface area contributed by atoms with Gasteiger partial charge in [0.25, 0.3) is 0 Å². The number of halogens is 1. The molecule has 1 aromatic rings. The van der Waals surface area contributed by atoms with E-state index in [4.69, 9.17) is 21.1 Å². The van der Waals surface area contributed by atoms with Crippen molar-refractivity contribution in [2.24, 2.45) is 0 Å². The zero-order chi connectivity index (χ0) is 12.5. The number of hydrogen-bond donors (Lipinski definition) is 1. The van der Waals surface area contributed by atoms with Gasteiger partial charge in [-0.2, -0.15) is 0 Å². The Morgan fingerprint density at radius 1 is 1.22 bits per heavy atom. The predicted octanol–water partition coefficient (Wildman–Crippen LogP) is 3.48. The molecule has 1 aliphatic carbocycles. The average molecular weight is 269 g/mol. The molecule has 1 N–H and O–H groups in total. The van der Waals surface area contributed by atoms with E-state index in [2.05, 4.69) is 0 Å². The van der Waals surface area contributed by atoms with E-state index in [1.54, 1.807) is 6.07 Å². The van der Waals surface area contributed by atoms with E-state index in [9.17, 15) is 5.11 Å². The Bertz CT molecular complexity index is 441. The fourth-order valence-electron chi connectivity index (χ4n) is 2.65. The molecule has 1 heterocycles. The van der Waals surface area contributed by atoms with Gasteiger partial charge in [0.2, 0.25) is 0 Å². The van der Waals surface area contributed by atoms with Crippen molar-refractivity contribution in [3.8, 4) is 11.5 Å². The smallest absolute Gasteiger partial charge is 0.142 e. The van der Waals surface area contributed by atoms with E-state index in [-0.39, 0.29) is 6.10 Å². The van der Waals surface area contributed by atoms with Crippen LogP contribution in [0.2, 0.25) is 5.02 Å². The molecule has 1 unspecified atom stereocenters. The van der Waals surface area contributed by atoms with Crippen molar-refractivity contribution in [1.29, 1.82) is 0 Å². The summed E-state index contributed by atoms with van der Waals surface area (Å²) in [5.41, 5.74) is 0.769. The van der Waals surface area contributed by atoms with E-state index >= 15 is 0 Å². The monoisotopic (exact) mass is 268 g/mol. The minimum absolute atomic E-state index is 0.272. The van der Waals surface area contributed by atoms with Gasteiger partial charge < -0.3 is 14.6 Å². The molecular formula is C14H17ClO3. The van der Waals surface area contributed by atoms with Crippen LogP contribution in [-0.4, -0.2) is 17.8 Å². The number of aliphatic hydroxyl groups excluding tert-OH is 1. The maximum atomic E-state index is 9.88. The van der Waals surface area contributed by atoms with Gasteiger partial charge in [-0.3, -0.25) is 0 Å². The van der Waals surface area contributed by atoms with Crippen molar-refractivity contribution in [3.05, 3.63) is 22.7 Å². The Hall–Kier alpha value is -0.930. The SMILES string of the molecule is OC1CCOc2cc(OC3CCCC3)c(Cl)cc21. The van der Waals surface area contributed by atoms with Gasteiger partial charge in [0, 0.05) is 18.1 Å². The van der Waals surface area contributed by atoms with Gasteiger partial charge in [-0.15, -0.1) is 0 Å². The second kappa shape index (κ2) is 4.98. The molecule has 1 aromatic carbocycles. The molecule has 1 aliphatic heterocycles. The number of hydrogen-bond acceptors (Lipinski definition) is 3. The van der Waals surface area contributed by atoms with Crippen LogP contribution in [0.4, 0.5) is 0 Å². The predicted molar refractivity (Wildman–Crippen MR) is 69.4 cm³/mol. The third-order valence-electron chi connectivity index (χ3n) is 3.67. The van der Waals surface area contributed by atoms with Gasteiger partial charge in [0.1, 0.15) is 11.5 Å². The Labute approximate surface area is 112 Å². The van der Waals surface area contributed by atoms with Crippen molar-refractivity contribution in [2.45, 2.75) is 44.3 Å². The second-order valence-corrected chi connectivity index (χ2v) is 5.40. The highest BCUT2D eigenvalue weighted by molar-refractivity contribution is 6.32.